The topological polar surface area (TPSA) is 132 Å². The van der Waals surface area contributed by atoms with Crippen LogP contribution in [0.4, 0.5) is 0 Å². The van der Waals surface area contributed by atoms with E-state index in [4.69, 9.17) is 37.9 Å². The average molecular weight is 747 g/mol. The molecule has 6 rings (SSSR count). The summed E-state index contributed by atoms with van der Waals surface area (Å²) in [5, 5.41) is 5.75. The van der Waals surface area contributed by atoms with Crippen molar-refractivity contribution in [1.29, 1.82) is 0 Å². The minimum atomic E-state index is -0.343. The lowest BCUT2D eigenvalue weighted by Gasteiger charge is -2.29. The van der Waals surface area contributed by atoms with Crippen LogP contribution in [0.15, 0.2) is 78.9 Å². The minimum absolute atomic E-state index is 0.133. The Bertz CT molecular complexity index is 1520. The first-order valence-corrected chi connectivity index (χ1v) is 19.4. The molecule has 2 N–H and O–H groups in total. The van der Waals surface area contributed by atoms with Crippen LogP contribution in [0.2, 0.25) is 0 Å². The Kier molecular flexibility index (Phi) is 15.7. The van der Waals surface area contributed by atoms with Crippen molar-refractivity contribution in [1.82, 2.24) is 10.6 Å². The molecule has 54 heavy (non-hydrogen) atoms. The van der Waals surface area contributed by atoms with E-state index in [-0.39, 0.29) is 49.4 Å². The molecule has 0 spiro atoms. The van der Waals surface area contributed by atoms with Crippen LogP contribution in [-0.2, 0) is 35.1 Å². The van der Waals surface area contributed by atoms with Crippen molar-refractivity contribution in [2.75, 3.05) is 39.5 Å². The first-order valence-electron chi connectivity index (χ1n) is 19.4. The van der Waals surface area contributed by atoms with Crippen LogP contribution in [0.3, 0.4) is 0 Å². The number of carbonyl (C=O) groups is 2. The van der Waals surface area contributed by atoms with Crippen molar-refractivity contribution >= 4 is 11.8 Å². The molecule has 0 atom stereocenters. The zero-order valence-electron chi connectivity index (χ0n) is 31.0. The second-order valence-corrected chi connectivity index (χ2v) is 13.9. The highest BCUT2D eigenvalue weighted by molar-refractivity contribution is 5.83. The molecule has 3 aliphatic rings. The van der Waals surface area contributed by atoms with E-state index in [0.29, 0.717) is 77.9 Å². The molecule has 3 fully saturated rings. The standard InChI is InChI=1S/C42H54N2O10/c45-39(43-24-6-12-41-48-27-37(28-49-41)53-35-16-14-32(15-17-35)47-26-31-8-2-1-3-9-31)22-23-40(46)44-25-7-13-42-50-29-38(30-51-42)54-36-20-18-34(19-21-36)52-33-10-4-5-11-33/h1-3,8-9,14-21,33,37-38,41-42H,4-7,10-13,22-30H2,(H,43,45)(H,44,46). The van der Waals surface area contributed by atoms with Crippen LogP contribution in [0, 0.1) is 0 Å². The third-order valence-corrected chi connectivity index (χ3v) is 9.43. The van der Waals surface area contributed by atoms with E-state index in [2.05, 4.69) is 10.6 Å². The summed E-state index contributed by atoms with van der Waals surface area (Å²) in [6.07, 6.45) is 6.96. The lowest BCUT2D eigenvalue weighted by molar-refractivity contribution is -0.213. The Labute approximate surface area is 318 Å². The Morgan fingerprint density at radius 1 is 0.556 bits per heavy atom. The predicted octanol–water partition coefficient (Wildman–Crippen LogP) is 6.10. The fraction of sp³-hybridized carbons (Fsp3) is 0.524. The molecule has 0 bridgehead atoms. The number of ether oxygens (including phenoxy) is 8. The third kappa shape index (κ3) is 13.8. The summed E-state index contributed by atoms with van der Waals surface area (Å²) in [7, 11) is 0. The summed E-state index contributed by atoms with van der Waals surface area (Å²) >= 11 is 0. The third-order valence-electron chi connectivity index (χ3n) is 9.43. The number of carbonyl (C=O) groups excluding carboxylic acids is 2. The largest absolute Gasteiger partial charge is 0.490 e. The van der Waals surface area contributed by atoms with Gasteiger partial charge in [0.2, 0.25) is 11.8 Å². The van der Waals surface area contributed by atoms with Gasteiger partial charge >= 0.3 is 0 Å². The van der Waals surface area contributed by atoms with Crippen molar-refractivity contribution in [3.63, 3.8) is 0 Å². The van der Waals surface area contributed by atoms with Crippen LogP contribution in [0.25, 0.3) is 0 Å². The molecule has 0 radical (unpaired) electrons. The summed E-state index contributed by atoms with van der Waals surface area (Å²) in [4.78, 5) is 24.5. The van der Waals surface area contributed by atoms with Gasteiger partial charge in [-0.2, -0.15) is 0 Å². The Morgan fingerprint density at radius 2 is 0.981 bits per heavy atom. The van der Waals surface area contributed by atoms with Gasteiger partial charge in [0.05, 0.1) is 32.5 Å². The molecule has 2 saturated heterocycles. The maximum atomic E-state index is 12.3. The SMILES string of the molecule is O=C(CCC(=O)NCCCC1OCC(Oc2ccc(OC3CCCC3)cc2)CO1)NCCCC1OCC(Oc2ccc(OCc3ccccc3)cc2)CO1. The molecule has 1 aliphatic carbocycles. The second-order valence-electron chi connectivity index (χ2n) is 13.9. The molecular weight excluding hydrogens is 692 g/mol. The number of hydrogen-bond donors (Lipinski definition) is 2. The Hall–Kier alpha value is -4.36. The van der Waals surface area contributed by atoms with Gasteiger partial charge in [-0.1, -0.05) is 30.3 Å². The minimum Gasteiger partial charge on any atom is -0.490 e. The van der Waals surface area contributed by atoms with Crippen LogP contribution in [-0.4, -0.2) is 82.2 Å². The first kappa shape index (κ1) is 39.3. The van der Waals surface area contributed by atoms with Gasteiger partial charge < -0.3 is 48.5 Å². The van der Waals surface area contributed by atoms with Gasteiger partial charge in [0.1, 0.15) is 41.8 Å². The lowest BCUT2D eigenvalue weighted by Crippen LogP contribution is -2.39. The van der Waals surface area contributed by atoms with Crippen molar-refractivity contribution in [2.24, 2.45) is 0 Å². The average Bonchev–Trinajstić information content (AvgIpc) is 3.73. The van der Waals surface area contributed by atoms with E-state index in [9.17, 15) is 9.59 Å². The van der Waals surface area contributed by atoms with Gasteiger partial charge in [-0.05, 0) is 92.6 Å². The molecular formula is C42H54N2O10. The first-order chi connectivity index (χ1) is 26.5. The molecule has 3 aromatic rings. The van der Waals surface area contributed by atoms with E-state index < -0.39 is 0 Å². The fourth-order valence-electron chi connectivity index (χ4n) is 6.45. The molecule has 2 amide bonds. The summed E-state index contributed by atoms with van der Waals surface area (Å²) in [5.41, 5.74) is 1.11. The quantitative estimate of drug-likeness (QED) is 0.131. The van der Waals surface area contributed by atoms with E-state index >= 15 is 0 Å². The number of amides is 2. The van der Waals surface area contributed by atoms with Gasteiger partial charge in [0.15, 0.2) is 12.6 Å². The van der Waals surface area contributed by atoms with E-state index in [1.54, 1.807) is 0 Å². The van der Waals surface area contributed by atoms with Crippen molar-refractivity contribution in [2.45, 2.75) is 102 Å². The predicted molar refractivity (Wildman–Crippen MR) is 200 cm³/mol. The lowest BCUT2D eigenvalue weighted by atomic mass is 10.2. The highest BCUT2D eigenvalue weighted by atomic mass is 16.7. The zero-order chi connectivity index (χ0) is 37.2. The van der Waals surface area contributed by atoms with Crippen molar-refractivity contribution in [3.8, 4) is 23.0 Å². The zero-order valence-corrected chi connectivity index (χ0v) is 31.0. The smallest absolute Gasteiger partial charge is 0.220 e. The Morgan fingerprint density at radius 3 is 1.44 bits per heavy atom. The van der Waals surface area contributed by atoms with Gasteiger partial charge in [-0.15, -0.1) is 0 Å². The summed E-state index contributed by atoms with van der Waals surface area (Å²) in [6, 6.07) is 25.3. The van der Waals surface area contributed by atoms with Gasteiger partial charge in [0, 0.05) is 38.8 Å². The van der Waals surface area contributed by atoms with E-state index in [1.165, 1.54) is 12.8 Å². The van der Waals surface area contributed by atoms with Crippen molar-refractivity contribution in [3.05, 3.63) is 84.4 Å². The molecule has 2 aliphatic heterocycles. The van der Waals surface area contributed by atoms with E-state index in [0.717, 1.165) is 41.4 Å². The highest BCUT2D eigenvalue weighted by Gasteiger charge is 2.25. The monoisotopic (exact) mass is 746 g/mol. The maximum absolute atomic E-state index is 12.3. The molecule has 2 heterocycles. The summed E-state index contributed by atoms with van der Waals surface area (Å²) < 4.78 is 47.2. The maximum Gasteiger partial charge on any atom is 0.220 e. The molecule has 0 unspecified atom stereocenters. The summed E-state index contributed by atoms with van der Waals surface area (Å²) in [6.45, 7) is 3.19. The van der Waals surface area contributed by atoms with Crippen LogP contribution >= 0.6 is 0 Å². The van der Waals surface area contributed by atoms with Crippen LogP contribution in [0.5, 0.6) is 23.0 Å². The molecule has 0 aromatic heterocycles. The highest BCUT2D eigenvalue weighted by Crippen LogP contribution is 2.27. The number of nitrogens with one attached hydrogen (secondary N) is 2. The second kappa shape index (κ2) is 21.5. The molecule has 292 valence electrons. The van der Waals surface area contributed by atoms with E-state index in [1.807, 2.05) is 78.9 Å². The van der Waals surface area contributed by atoms with Crippen LogP contribution in [0.1, 0.15) is 69.8 Å². The molecule has 12 nitrogen and oxygen atoms in total. The summed E-state index contributed by atoms with van der Waals surface area (Å²) in [5.74, 6) is 2.82. The number of rotatable bonds is 20. The van der Waals surface area contributed by atoms with Crippen molar-refractivity contribution < 1.29 is 47.5 Å². The molecule has 3 aromatic carbocycles. The molecule has 1 saturated carbocycles. The van der Waals surface area contributed by atoms with Gasteiger partial charge in [-0.3, -0.25) is 9.59 Å². The van der Waals surface area contributed by atoms with Crippen LogP contribution < -0.4 is 29.6 Å². The number of benzene rings is 3. The van der Waals surface area contributed by atoms with Gasteiger partial charge in [0.25, 0.3) is 0 Å². The fourth-order valence-corrected chi connectivity index (χ4v) is 6.45. The number of hydrogen-bond acceptors (Lipinski definition) is 10. The Balaban J connectivity index is 0.728. The normalized spacial score (nSPS) is 21.6. The molecule has 12 heteroatoms. The van der Waals surface area contributed by atoms with Gasteiger partial charge in [-0.25, -0.2) is 0 Å².